The second-order valence-electron chi connectivity index (χ2n) is 8.72. The van der Waals surface area contributed by atoms with Gasteiger partial charge in [-0.25, -0.2) is 0 Å². The van der Waals surface area contributed by atoms with Crippen LogP contribution in [0.15, 0.2) is 0 Å². The van der Waals surface area contributed by atoms with E-state index in [0.29, 0.717) is 17.6 Å². The van der Waals surface area contributed by atoms with Crippen LogP contribution in [-0.4, -0.2) is 16.5 Å². The Hall–Kier alpha value is -0.810. The average Bonchev–Trinajstić information content (AvgIpc) is 2.79. The smallest absolute Gasteiger partial charge is 0.133 e. The van der Waals surface area contributed by atoms with Gasteiger partial charge in [0, 0.05) is 18.3 Å². The number of fused-ring (bicyclic) bond motifs is 5. The van der Waals surface area contributed by atoms with Gasteiger partial charge in [0.1, 0.15) is 11.4 Å². The van der Waals surface area contributed by atoms with Crippen molar-refractivity contribution in [2.45, 2.75) is 70.3 Å². The standard InChI is InChI=1S/C20H28O2/c1-3-20(22)11-9-18-17-6-4-13-12-14(21)5-7-15(13)16(17)8-10-19(18,20)2/h1,13,15-18,22H,4-12H2,2H3/t13-,15?,16?,17?,18?,19-,20-/m0/s1. The van der Waals surface area contributed by atoms with Gasteiger partial charge in [0.2, 0.25) is 0 Å². The van der Waals surface area contributed by atoms with E-state index in [1.165, 1.54) is 19.3 Å². The van der Waals surface area contributed by atoms with Crippen molar-refractivity contribution in [2.24, 2.45) is 35.0 Å². The van der Waals surface area contributed by atoms with E-state index in [4.69, 9.17) is 6.42 Å². The number of carbonyl (C=O) groups is 1. The van der Waals surface area contributed by atoms with Crippen LogP contribution in [0.4, 0.5) is 0 Å². The predicted octanol–water partition coefficient (Wildman–Crippen LogP) is 3.57. The first-order valence-corrected chi connectivity index (χ1v) is 9.20. The first-order valence-electron chi connectivity index (χ1n) is 9.20. The van der Waals surface area contributed by atoms with Crippen molar-refractivity contribution >= 4 is 5.78 Å². The fraction of sp³-hybridized carbons (Fsp3) is 0.850. The summed E-state index contributed by atoms with van der Waals surface area (Å²) in [5, 5.41) is 10.9. The molecule has 0 aromatic heterocycles. The van der Waals surface area contributed by atoms with Crippen molar-refractivity contribution in [3.05, 3.63) is 0 Å². The SMILES string of the molecule is C#C[C@]1(O)CCC2C3CC[C@H]4CC(=O)CCC4C3CC[C@@]21C. The van der Waals surface area contributed by atoms with Crippen LogP contribution < -0.4 is 0 Å². The molecular weight excluding hydrogens is 272 g/mol. The highest BCUT2D eigenvalue weighted by Gasteiger charge is 2.62. The van der Waals surface area contributed by atoms with Crippen molar-refractivity contribution in [3.8, 4) is 12.3 Å². The lowest BCUT2D eigenvalue weighted by atomic mass is 9.49. The van der Waals surface area contributed by atoms with E-state index in [2.05, 4.69) is 12.8 Å². The van der Waals surface area contributed by atoms with E-state index in [0.717, 1.165) is 56.3 Å². The van der Waals surface area contributed by atoms with Crippen LogP contribution in [0, 0.1) is 47.3 Å². The molecule has 22 heavy (non-hydrogen) atoms. The molecule has 0 amide bonds. The van der Waals surface area contributed by atoms with Gasteiger partial charge in [-0.1, -0.05) is 12.8 Å². The van der Waals surface area contributed by atoms with Crippen molar-refractivity contribution in [2.75, 3.05) is 0 Å². The lowest BCUT2D eigenvalue weighted by Crippen LogP contribution is -2.53. The molecule has 4 aliphatic rings. The van der Waals surface area contributed by atoms with Crippen LogP contribution in [0.5, 0.6) is 0 Å². The number of Topliss-reactive ketones (excluding diaryl/α,β-unsaturated/α-hetero) is 1. The number of rotatable bonds is 0. The molecular formula is C20H28O2. The molecule has 4 unspecified atom stereocenters. The Bertz CT molecular complexity index is 532. The fourth-order valence-electron chi connectivity index (χ4n) is 6.91. The molecule has 0 spiro atoms. The molecule has 0 aromatic carbocycles. The number of aliphatic hydroxyl groups is 1. The summed E-state index contributed by atoms with van der Waals surface area (Å²) in [4.78, 5) is 11.8. The van der Waals surface area contributed by atoms with Gasteiger partial charge in [0.05, 0.1) is 0 Å². The highest BCUT2D eigenvalue weighted by Crippen LogP contribution is 2.65. The molecule has 4 fully saturated rings. The molecule has 0 heterocycles. The minimum Gasteiger partial charge on any atom is -0.377 e. The molecule has 0 bridgehead atoms. The van der Waals surface area contributed by atoms with E-state index in [-0.39, 0.29) is 5.41 Å². The summed E-state index contributed by atoms with van der Waals surface area (Å²) < 4.78 is 0. The Labute approximate surface area is 134 Å². The van der Waals surface area contributed by atoms with Crippen LogP contribution in [-0.2, 0) is 4.79 Å². The van der Waals surface area contributed by atoms with E-state index in [1.807, 2.05) is 0 Å². The lowest BCUT2D eigenvalue weighted by molar-refractivity contribution is -0.130. The Morgan fingerprint density at radius 2 is 1.91 bits per heavy atom. The third kappa shape index (κ3) is 1.81. The Morgan fingerprint density at radius 1 is 1.09 bits per heavy atom. The summed E-state index contributed by atoms with van der Waals surface area (Å²) in [6.07, 6.45) is 15.1. The lowest BCUT2D eigenvalue weighted by Gasteiger charge is -2.56. The Morgan fingerprint density at radius 3 is 2.68 bits per heavy atom. The Kier molecular flexibility index (Phi) is 3.25. The topological polar surface area (TPSA) is 37.3 Å². The van der Waals surface area contributed by atoms with Crippen LogP contribution in [0.3, 0.4) is 0 Å². The van der Waals surface area contributed by atoms with Gasteiger partial charge in [-0.2, -0.15) is 0 Å². The summed E-state index contributed by atoms with van der Waals surface area (Å²) in [6, 6.07) is 0. The van der Waals surface area contributed by atoms with Crippen molar-refractivity contribution in [3.63, 3.8) is 0 Å². The van der Waals surface area contributed by atoms with Crippen molar-refractivity contribution < 1.29 is 9.90 Å². The first-order chi connectivity index (χ1) is 10.5. The predicted molar refractivity (Wildman–Crippen MR) is 85.9 cm³/mol. The maximum atomic E-state index is 11.8. The summed E-state index contributed by atoms with van der Waals surface area (Å²) >= 11 is 0. The molecule has 0 aromatic rings. The van der Waals surface area contributed by atoms with Crippen LogP contribution in [0.25, 0.3) is 0 Å². The second-order valence-corrected chi connectivity index (χ2v) is 8.72. The second kappa shape index (κ2) is 4.84. The largest absolute Gasteiger partial charge is 0.377 e. The summed E-state index contributed by atoms with van der Waals surface area (Å²) in [6.45, 7) is 2.25. The summed E-state index contributed by atoms with van der Waals surface area (Å²) in [5.74, 6) is 6.76. The quantitative estimate of drug-likeness (QED) is 0.694. The molecule has 120 valence electrons. The van der Waals surface area contributed by atoms with Gasteiger partial charge in [0.15, 0.2) is 0 Å². The third-order valence-corrected chi connectivity index (χ3v) is 8.16. The number of ketones is 1. The molecule has 2 heteroatoms. The van der Waals surface area contributed by atoms with Gasteiger partial charge in [0.25, 0.3) is 0 Å². The molecule has 7 atom stereocenters. The molecule has 1 N–H and O–H groups in total. The normalized spacial score (nSPS) is 54.0. The van der Waals surface area contributed by atoms with Gasteiger partial charge in [-0.05, 0) is 74.5 Å². The number of carbonyl (C=O) groups excluding carboxylic acids is 1. The van der Waals surface area contributed by atoms with Gasteiger partial charge in [-0.15, -0.1) is 6.42 Å². The molecule has 4 saturated carbocycles. The summed E-state index contributed by atoms with van der Waals surface area (Å²) in [7, 11) is 0. The summed E-state index contributed by atoms with van der Waals surface area (Å²) in [5.41, 5.74) is -0.970. The van der Waals surface area contributed by atoms with Gasteiger partial charge in [-0.3, -0.25) is 4.79 Å². The highest BCUT2D eigenvalue weighted by molar-refractivity contribution is 5.79. The van der Waals surface area contributed by atoms with Crippen molar-refractivity contribution in [1.29, 1.82) is 0 Å². The minimum atomic E-state index is -0.887. The van der Waals surface area contributed by atoms with E-state index < -0.39 is 5.60 Å². The zero-order valence-electron chi connectivity index (χ0n) is 13.7. The van der Waals surface area contributed by atoms with Gasteiger partial charge >= 0.3 is 0 Å². The Balaban J connectivity index is 1.61. The molecule has 0 saturated heterocycles. The minimum absolute atomic E-state index is 0.0831. The van der Waals surface area contributed by atoms with Crippen LogP contribution >= 0.6 is 0 Å². The zero-order valence-corrected chi connectivity index (χ0v) is 13.7. The number of hydrogen-bond acceptors (Lipinski definition) is 2. The molecule has 2 nitrogen and oxygen atoms in total. The van der Waals surface area contributed by atoms with E-state index in [1.54, 1.807) is 0 Å². The zero-order chi connectivity index (χ0) is 15.5. The van der Waals surface area contributed by atoms with Crippen LogP contribution in [0.1, 0.15) is 64.7 Å². The molecule has 4 rings (SSSR count). The molecule has 4 aliphatic carbocycles. The first kappa shape index (κ1) is 14.8. The third-order valence-electron chi connectivity index (χ3n) is 8.16. The highest BCUT2D eigenvalue weighted by atomic mass is 16.3. The van der Waals surface area contributed by atoms with Gasteiger partial charge < -0.3 is 5.11 Å². The average molecular weight is 300 g/mol. The number of hydrogen-bond donors (Lipinski definition) is 1. The fourth-order valence-corrected chi connectivity index (χ4v) is 6.91. The monoisotopic (exact) mass is 300 g/mol. The molecule has 0 radical (unpaired) electrons. The van der Waals surface area contributed by atoms with E-state index >= 15 is 0 Å². The number of terminal acetylenes is 1. The van der Waals surface area contributed by atoms with E-state index in [9.17, 15) is 9.90 Å². The molecule has 0 aliphatic heterocycles. The maximum absolute atomic E-state index is 11.8. The van der Waals surface area contributed by atoms with Crippen LogP contribution in [0.2, 0.25) is 0 Å². The van der Waals surface area contributed by atoms with Crippen molar-refractivity contribution in [1.82, 2.24) is 0 Å². The maximum Gasteiger partial charge on any atom is 0.133 e.